The van der Waals surface area contributed by atoms with Crippen molar-refractivity contribution in [2.24, 2.45) is 0 Å². The topological polar surface area (TPSA) is 66.5 Å². The molecule has 0 heterocycles. The molecule has 0 saturated carbocycles. The van der Waals surface area contributed by atoms with Crippen LogP contribution in [0.4, 0.5) is 10.1 Å². The number of carbonyl (C=O) groups is 1. The monoisotopic (exact) mass is 378 g/mol. The summed E-state index contributed by atoms with van der Waals surface area (Å²) < 4.78 is 40.6. The van der Waals surface area contributed by atoms with Gasteiger partial charge < -0.3 is 4.90 Å². The van der Waals surface area contributed by atoms with E-state index in [4.69, 9.17) is 0 Å². The number of nitrogens with zero attached hydrogens (tertiary/aromatic N) is 1. The second-order valence-electron chi connectivity index (χ2n) is 6.22. The number of amides is 1. The Labute approximate surface area is 153 Å². The van der Waals surface area contributed by atoms with E-state index in [-0.39, 0.29) is 23.9 Å². The maximum atomic E-state index is 13.2. The van der Waals surface area contributed by atoms with Gasteiger partial charge in [-0.1, -0.05) is 18.2 Å². The summed E-state index contributed by atoms with van der Waals surface area (Å²) in [6.07, 6.45) is 0. The van der Waals surface area contributed by atoms with Crippen LogP contribution in [0.3, 0.4) is 0 Å². The summed E-state index contributed by atoms with van der Waals surface area (Å²) in [5.41, 5.74) is 3.00. The van der Waals surface area contributed by atoms with Gasteiger partial charge in [0.05, 0.1) is 4.90 Å². The van der Waals surface area contributed by atoms with Crippen molar-refractivity contribution in [3.8, 4) is 0 Å². The summed E-state index contributed by atoms with van der Waals surface area (Å²) in [7, 11) is -3.79. The van der Waals surface area contributed by atoms with Gasteiger partial charge in [0, 0.05) is 25.7 Å². The Bertz CT molecular complexity index is 906. The maximum Gasteiger partial charge on any atom is 0.240 e. The molecule has 0 fully saturated rings. The summed E-state index contributed by atoms with van der Waals surface area (Å²) in [5.74, 6) is -0.654. The maximum absolute atomic E-state index is 13.2. The number of carbonyl (C=O) groups excluding carboxylic acids is 1. The van der Waals surface area contributed by atoms with Crippen LogP contribution in [0.15, 0.2) is 41.3 Å². The van der Waals surface area contributed by atoms with Crippen LogP contribution in [-0.2, 0) is 14.8 Å². The highest BCUT2D eigenvalue weighted by molar-refractivity contribution is 7.89. The van der Waals surface area contributed by atoms with Crippen molar-refractivity contribution in [3.63, 3.8) is 0 Å². The predicted octanol–water partition coefficient (Wildman–Crippen LogP) is 3.08. The largest absolute Gasteiger partial charge is 0.311 e. The summed E-state index contributed by atoms with van der Waals surface area (Å²) in [6.45, 7) is 7.04. The molecule has 0 unspecified atom stereocenters. The molecule has 2 aromatic rings. The second kappa shape index (κ2) is 7.97. The Kier molecular flexibility index (Phi) is 6.15. The molecule has 0 atom stereocenters. The Morgan fingerprint density at radius 2 is 1.69 bits per heavy atom. The molecule has 0 spiro atoms. The van der Waals surface area contributed by atoms with Gasteiger partial charge in [0.15, 0.2) is 0 Å². The summed E-state index contributed by atoms with van der Waals surface area (Å²) in [4.78, 5) is 13.7. The van der Waals surface area contributed by atoms with Crippen molar-refractivity contribution in [3.05, 3.63) is 58.9 Å². The highest BCUT2D eigenvalue weighted by Crippen LogP contribution is 2.24. The molecule has 0 aliphatic carbocycles. The summed E-state index contributed by atoms with van der Waals surface area (Å²) >= 11 is 0. The second-order valence-corrected chi connectivity index (χ2v) is 7.95. The Hall–Kier alpha value is -2.25. The van der Waals surface area contributed by atoms with Gasteiger partial charge in [-0.15, -0.1) is 0 Å². The van der Waals surface area contributed by atoms with Gasteiger partial charge in [0.2, 0.25) is 15.9 Å². The molecule has 0 aromatic heterocycles. The van der Waals surface area contributed by atoms with Crippen LogP contribution >= 0.6 is 0 Å². The molecule has 0 bridgehead atoms. The number of benzene rings is 2. The molecule has 0 saturated heterocycles. The van der Waals surface area contributed by atoms with Crippen molar-refractivity contribution in [1.82, 2.24) is 4.72 Å². The fraction of sp³-hybridized carbons (Fsp3) is 0.316. The number of rotatable bonds is 6. The lowest BCUT2D eigenvalue weighted by molar-refractivity contribution is -0.116. The van der Waals surface area contributed by atoms with Crippen LogP contribution < -0.4 is 9.62 Å². The van der Waals surface area contributed by atoms with Gasteiger partial charge in [-0.3, -0.25) is 4.79 Å². The Morgan fingerprint density at radius 1 is 1.08 bits per heavy atom. The van der Waals surface area contributed by atoms with E-state index < -0.39 is 15.8 Å². The van der Waals surface area contributed by atoms with Crippen LogP contribution in [0.2, 0.25) is 0 Å². The summed E-state index contributed by atoms with van der Waals surface area (Å²) in [6, 6.07) is 9.25. The lowest BCUT2D eigenvalue weighted by Gasteiger charge is -2.25. The number of hydrogen-bond donors (Lipinski definition) is 1. The van der Waals surface area contributed by atoms with E-state index in [1.807, 2.05) is 32.0 Å². The van der Waals surface area contributed by atoms with E-state index in [1.165, 1.54) is 26.0 Å². The van der Waals surface area contributed by atoms with E-state index in [0.29, 0.717) is 5.56 Å². The fourth-order valence-electron chi connectivity index (χ4n) is 2.94. The number of halogens is 1. The number of nitrogens with one attached hydrogen (secondary N) is 1. The smallest absolute Gasteiger partial charge is 0.240 e. The van der Waals surface area contributed by atoms with E-state index in [1.54, 1.807) is 4.90 Å². The molecule has 2 rings (SSSR count). The Balaban J connectivity index is 2.17. The van der Waals surface area contributed by atoms with Gasteiger partial charge in [-0.2, -0.15) is 0 Å². The van der Waals surface area contributed by atoms with Gasteiger partial charge in [-0.25, -0.2) is 17.5 Å². The number of anilines is 1. The van der Waals surface area contributed by atoms with Gasteiger partial charge in [-0.05, 0) is 55.7 Å². The third-order valence-electron chi connectivity index (χ3n) is 4.14. The van der Waals surface area contributed by atoms with E-state index in [2.05, 4.69) is 4.72 Å². The van der Waals surface area contributed by atoms with Crippen molar-refractivity contribution in [2.45, 2.75) is 32.6 Å². The molecule has 1 N–H and O–H groups in total. The van der Waals surface area contributed by atoms with E-state index in [0.717, 1.165) is 22.9 Å². The minimum atomic E-state index is -3.79. The zero-order valence-electron chi connectivity index (χ0n) is 15.3. The van der Waals surface area contributed by atoms with Crippen molar-refractivity contribution in [1.29, 1.82) is 0 Å². The molecule has 26 heavy (non-hydrogen) atoms. The zero-order chi connectivity index (χ0) is 19.5. The number of para-hydroxylation sites is 1. The third kappa shape index (κ3) is 4.47. The highest BCUT2D eigenvalue weighted by Gasteiger charge is 2.20. The van der Waals surface area contributed by atoms with Gasteiger partial charge >= 0.3 is 0 Å². The van der Waals surface area contributed by atoms with Crippen molar-refractivity contribution in [2.75, 3.05) is 18.0 Å². The molecule has 7 heteroatoms. The summed E-state index contributed by atoms with van der Waals surface area (Å²) in [5, 5.41) is 0. The lowest BCUT2D eigenvalue weighted by Crippen LogP contribution is -2.38. The average molecular weight is 378 g/mol. The predicted molar refractivity (Wildman–Crippen MR) is 100 cm³/mol. The third-order valence-corrected chi connectivity index (χ3v) is 5.76. The normalized spacial score (nSPS) is 11.4. The van der Waals surface area contributed by atoms with Crippen LogP contribution in [-0.4, -0.2) is 27.4 Å². The Morgan fingerprint density at radius 3 is 2.23 bits per heavy atom. The first-order valence-electron chi connectivity index (χ1n) is 8.23. The molecule has 1 amide bonds. The molecular weight excluding hydrogens is 355 g/mol. The van der Waals surface area contributed by atoms with Gasteiger partial charge in [0.1, 0.15) is 5.82 Å². The van der Waals surface area contributed by atoms with Crippen LogP contribution in [0.5, 0.6) is 0 Å². The van der Waals surface area contributed by atoms with Crippen LogP contribution in [0, 0.1) is 26.6 Å². The molecule has 0 aliphatic heterocycles. The first-order valence-corrected chi connectivity index (χ1v) is 9.72. The van der Waals surface area contributed by atoms with Gasteiger partial charge in [0.25, 0.3) is 0 Å². The zero-order valence-corrected chi connectivity index (χ0v) is 16.2. The lowest BCUT2D eigenvalue weighted by atomic mass is 10.1. The minimum Gasteiger partial charge on any atom is -0.311 e. The van der Waals surface area contributed by atoms with Crippen molar-refractivity contribution >= 4 is 21.6 Å². The first kappa shape index (κ1) is 20.1. The number of sulfonamides is 1. The number of hydrogen-bond acceptors (Lipinski definition) is 3. The average Bonchev–Trinajstić information content (AvgIpc) is 2.52. The SMILES string of the molecule is CC(=O)N(CCNS(=O)(=O)c1ccc(F)cc1C)c1c(C)cccc1C. The minimum absolute atomic E-state index is 0.0281. The number of aryl methyl sites for hydroxylation is 3. The standard InChI is InChI=1S/C19H23FN2O3S/c1-13-6-5-7-14(2)19(13)22(16(4)23)11-10-21-26(24,25)18-9-8-17(20)12-15(18)3/h5-9,12,21H,10-11H2,1-4H3. The highest BCUT2D eigenvalue weighted by atomic mass is 32.2. The van der Waals surface area contributed by atoms with E-state index in [9.17, 15) is 17.6 Å². The molecular formula is C19H23FN2O3S. The molecule has 0 radical (unpaired) electrons. The molecule has 2 aromatic carbocycles. The molecule has 140 valence electrons. The molecule has 0 aliphatic rings. The quantitative estimate of drug-likeness (QED) is 0.840. The van der Waals surface area contributed by atoms with Crippen molar-refractivity contribution < 1.29 is 17.6 Å². The van der Waals surface area contributed by atoms with Crippen LogP contribution in [0.25, 0.3) is 0 Å². The fourth-order valence-corrected chi connectivity index (χ4v) is 4.19. The van der Waals surface area contributed by atoms with E-state index >= 15 is 0 Å². The van der Waals surface area contributed by atoms with Crippen LogP contribution in [0.1, 0.15) is 23.6 Å². The first-order chi connectivity index (χ1) is 12.1. The molecule has 5 nitrogen and oxygen atoms in total.